The van der Waals surface area contributed by atoms with Gasteiger partial charge < -0.3 is 14.5 Å². The quantitative estimate of drug-likeness (QED) is 0.647. The topological polar surface area (TPSA) is 70.2 Å². The molecule has 0 N–H and O–H groups in total. The Bertz CT molecular complexity index is 889. The number of nitrogens with zero attached hydrogens (tertiary/aromatic N) is 3. The molecule has 1 aliphatic heterocycles. The molecule has 3 amide bonds. The smallest absolute Gasteiger partial charge is 0.260 e. The van der Waals surface area contributed by atoms with Crippen LogP contribution < -0.4 is 9.64 Å². The number of carbonyl (C=O) groups is 3. The molecule has 0 atom stereocenters. The monoisotopic (exact) mass is 429 g/mol. The van der Waals surface area contributed by atoms with Crippen LogP contribution >= 0.6 is 11.6 Å². The maximum atomic E-state index is 12.8. The zero-order chi connectivity index (χ0) is 21.5. The Kier molecular flexibility index (Phi) is 7.30. The molecule has 30 heavy (non-hydrogen) atoms. The molecule has 0 bridgehead atoms. The SMILES string of the molecule is CCCN(CC(=O)N1CC(=O)N(c2ccc(Cl)cc2)C1)C(=O)COc1ccccc1. The largest absolute Gasteiger partial charge is 0.484 e. The summed E-state index contributed by atoms with van der Waals surface area (Å²) in [5.74, 6) is -0.126. The van der Waals surface area contributed by atoms with Gasteiger partial charge in [-0.3, -0.25) is 19.3 Å². The number of hydrogen-bond acceptors (Lipinski definition) is 4. The molecule has 1 fully saturated rings. The van der Waals surface area contributed by atoms with Crippen LogP contribution in [0.25, 0.3) is 0 Å². The number of hydrogen-bond donors (Lipinski definition) is 0. The zero-order valence-electron chi connectivity index (χ0n) is 16.8. The molecule has 0 aliphatic carbocycles. The lowest BCUT2D eigenvalue weighted by molar-refractivity contribution is -0.141. The van der Waals surface area contributed by atoms with Crippen molar-refractivity contribution < 1.29 is 19.1 Å². The van der Waals surface area contributed by atoms with Gasteiger partial charge in [-0.2, -0.15) is 0 Å². The van der Waals surface area contributed by atoms with Crippen molar-refractivity contribution in [1.29, 1.82) is 0 Å². The van der Waals surface area contributed by atoms with Gasteiger partial charge in [0.25, 0.3) is 5.91 Å². The highest BCUT2D eigenvalue weighted by atomic mass is 35.5. The van der Waals surface area contributed by atoms with Gasteiger partial charge in [0.2, 0.25) is 11.8 Å². The van der Waals surface area contributed by atoms with Gasteiger partial charge in [0, 0.05) is 17.3 Å². The van der Waals surface area contributed by atoms with Gasteiger partial charge in [0.05, 0.1) is 6.54 Å². The van der Waals surface area contributed by atoms with Crippen molar-refractivity contribution in [2.45, 2.75) is 13.3 Å². The van der Waals surface area contributed by atoms with E-state index in [-0.39, 0.29) is 44.1 Å². The molecule has 7 nitrogen and oxygen atoms in total. The standard InChI is InChI=1S/C22H24ClN3O4/c1-2-12-24(22(29)15-30-19-6-4-3-5-7-19)13-20(27)25-14-21(28)26(16-25)18-10-8-17(23)9-11-18/h3-11H,2,12-16H2,1H3. The molecular weight excluding hydrogens is 406 g/mol. The van der Waals surface area contributed by atoms with Crippen LogP contribution in [0.1, 0.15) is 13.3 Å². The maximum absolute atomic E-state index is 12.8. The number of anilines is 1. The Morgan fingerprint density at radius 3 is 2.47 bits per heavy atom. The van der Waals surface area contributed by atoms with Crippen molar-refractivity contribution in [3.05, 3.63) is 59.6 Å². The molecule has 1 aliphatic rings. The van der Waals surface area contributed by atoms with Crippen LogP contribution in [-0.2, 0) is 14.4 Å². The van der Waals surface area contributed by atoms with E-state index >= 15 is 0 Å². The van der Waals surface area contributed by atoms with E-state index in [0.29, 0.717) is 29.4 Å². The van der Waals surface area contributed by atoms with Crippen LogP contribution in [-0.4, -0.2) is 60.4 Å². The summed E-state index contributed by atoms with van der Waals surface area (Å²) in [6.07, 6.45) is 0.709. The van der Waals surface area contributed by atoms with E-state index in [1.807, 2.05) is 25.1 Å². The second-order valence-corrected chi connectivity index (χ2v) is 7.38. The highest BCUT2D eigenvalue weighted by molar-refractivity contribution is 6.30. The molecule has 8 heteroatoms. The van der Waals surface area contributed by atoms with E-state index in [1.165, 1.54) is 14.7 Å². The Labute approximate surface area is 180 Å². The van der Waals surface area contributed by atoms with Gasteiger partial charge in [0.15, 0.2) is 6.61 Å². The molecule has 1 saturated heterocycles. The van der Waals surface area contributed by atoms with E-state index in [9.17, 15) is 14.4 Å². The molecule has 158 valence electrons. The predicted octanol–water partition coefficient (Wildman–Crippen LogP) is 2.79. The minimum absolute atomic E-state index is 0.0177. The molecule has 0 saturated carbocycles. The molecular formula is C22H24ClN3O4. The first kappa shape index (κ1) is 21.6. The van der Waals surface area contributed by atoms with Crippen molar-refractivity contribution in [2.24, 2.45) is 0 Å². The summed E-state index contributed by atoms with van der Waals surface area (Å²) in [6, 6.07) is 15.9. The number of benzene rings is 2. The highest BCUT2D eigenvalue weighted by Crippen LogP contribution is 2.22. The van der Waals surface area contributed by atoms with Crippen LogP contribution in [0.15, 0.2) is 54.6 Å². The summed E-state index contributed by atoms with van der Waals surface area (Å²) in [7, 11) is 0. The van der Waals surface area contributed by atoms with Gasteiger partial charge in [-0.05, 0) is 42.8 Å². The van der Waals surface area contributed by atoms with Crippen molar-refractivity contribution in [2.75, 3.05) is 37.8 Å². The molecule has 2 aromatic rings. The van der Waals surface area contributed by atoms with Gasteiger partial charge in [0.1, 0.15) is 19.0 Å². The lowest BCUT2D eigenvalue weighted by atomic mass is 10.3. The van der Waals surface area contributed by atoms with Crippen molar-refractivity contribution in [3.8, 4) is 5.75 Å². The number of amides is 3. The molecule has 1 heterocycles. The van der Waals surface area contributed by atoms with E-state index in [0.717, 1.165) is 0 Å². The Hall–Kier alpha value is -3.06. The zero-order valence-corrected chi connectivity index (χ0v) is 17.5. The number of carbonyl (C=O) groups excluding carboxylic acids is 3. The number of rotatable bonds is 8. The van der Waals surface area contributed by atoms with Crippen molar-refractivity contribution >= 4 is 35.0 Å². The fourth-order valence-electron chi connectivity index (χ4n) is 3.14. The lowest BCUT2D eigenvalue weighted by Crippen LogP contribution is -2.44. The van der Waals surface area contributed by atoms with Gasteiger partial charge >= 0.3 is 0 Å². The number of para-hydroxylation sites is 1. The third-order valence-electron chi connectivity index (χ3n) is 4.71. The van der Waals surface area contributed by atoms with E-state index in [2.05, 4.69) is 0 Å². The first-order valence-electron chi connectivity index (χ1n) is 9.77. The molecule has 0 radical (unpaired) electrons. The second kappa shape index (κ2) is 10.1. The fourth-order valence-corrected chi connectivity index (χ4v) is 3.27. The van der Waals surface area contributed by atoms with Crippen molar-refractivity contribution in [1.82, 2.24) is 9.80 Å². The summed E-state index contributed by atoms with van der Waals surface area (Å²) in [4.78, 5) is 42.2. The Balaban J connectivity index is 1.58. The Morgan fingerprint density at radius 2 is 1.80 bits per heavy atom. The number of halogens is 1. The number of ether oxygens (including phenoxy) is 1. The van der Waals surface area contributed by atoms with E-state index < -0.39 is 0 Å². The normalized spacial score (nSPS) is 13.5. The van der Waals surface area contributed by atoms with Gasteiger partial charge in [-0.15, -0.1) is 0 Å². The molecule has 0 spiro atoms. The fraction of sp³-hybridized carbons (Fsp3) is 0.318. The third-order valence-corrected chi connectivity index (χ3v) is 4.96. The molecule has 3 rings (SSSR count). The Morgan fingerprint density at radius 1 is 1.10 bits per heavy atom. The summed E-state index contributed by atoms with van der Waals surface area (Å²) in [6.45, 7) is 2.26. The van der Waals surface area contributed by atoms with Gasteiger partial charge in [-0.25, -0.2) is 0 Å². The lowest BCUT2D eigenvalue weighted by Gasteiger charge is -2.24. The summed E-state index contributed by atoms with van der Waals surface area (Å²) in [5, 5.41) is 0.574. The second-order valence-electron chi connectivity index (χ2n) is 6.95. The minimum Gasteiger partial charge on any atom is -0.484 e. The summed E-state index contributed by atoms with van der Waals surface area (Å²) < 4.78 is 5.51. The molecule has 0 aromatic heterocycles. The van der Waals surface area contributed by atoms with Crippen LogP contribution in [0, 0.1) is 0 Å². The van der Waals surface area contributed by atoms with Gasteiger partial charge in [-0.1, -0.05) is 36.7 Å². The van der Waals surface area contributed by atoms with E-state index in [1.54, 1.807) is 36.4 Å². The van der Waals surface area contributed by atoms with Crippen LogP contribution in [0.5, 0.6) is 5.75 Å². The highest BCUT2D eigenvalue weighted by Gasteiger charge is 2.32. The average Bonchev–Trinajstić information content (AvgIpc) is 3.14. The summed E-state index contributed by atoms with van der Waals surface area (Å²) in [5.41, 5.74) is 0.678. The average molecular weight is 430 g/mol. The minimum atomic E-state index is -0.277. The van der Waals surface area contributed by atoms with E-state index in [4.69, 9.17) is 16.3 Å². The third kappa shape index (κ3) is 5.51. The van der Waals surface area contributed by atoms with Crippen molar-refractivity contribution in [3.63, 3.8) is 0 Å². The van der Waals surface area contributed by atoms with Crippen LogP contribution in [0.4, 0.5) is 5.69 Å². The summed E-state index contributed by atoms with van der Waals surface area (Å²) >= 11 is 5.90. The molecule has 0 unspecified atom stereocenters. The van der Waals surface area contributed by atoms with Crippen LogP contribution in [0.2, 0.25) is 5.02 Å². The maximum Gasteiger partial charge on any atom is 0.260 e. The first-order valence-corrected chi connectivity index (χ1v) is 10.1. The predicted molar refractivity (Wildman–Crippen MR) is 114 cm³/mol. The van der Waals surface area contributed by atoms with Crippen LogP contribution in [0.3, 0.4) is 0 Å². The molecule has 2 aromatic carbocycles. The first-order chi connectivity index (χ1) is 14.5.